The summed E-state index contributed by atoms with van der Waals surface area (Å²) in [5.74, 6) is 0.918. The van der Waals surface area contributed by atoms with Crippen LogP contribution in [0.2, 0.25) is 0 Å². The van der Waals surface area contributed by atoms with Crippen LogP contribution in [0.15, 0.2) is 48.7 Å². The van der Waals surface area contributed by atoms with E-state index in [4.69, 9.17) is 9.47 Å². The molecule has 0 amide bonds. The summed E-state index contributed by atoms with van der Waals surface area (Å²) in [5, 5.41) is 9.57. The molecule has 2 heterocycles. The fourth-order valence-corrected chi connectivity index (χ4v) is 3.43. The third-order valence-corrected chi connectivity index (χ3v) is 4.69. The van der Waals surface area contributed by atoms with Gasteiger partial charge in [0.05, 0.1) is 32.1 Å². The van der Waals surface area contributed by atoms with Crippen molar-refractivity contribution in [3.63, 3.8) is 0 Å². The van der Waals surface area contributed by atoms with Crippen LogP contribution in [0.1, 0.15) is 17.3 Å². The number of nitrogens with one attached hydrogen (secondary N) is 1. The van der Waals surface area contributed by atoms with Gasteiger partial charge in [0, 0.05) is 24.7 Å². The van der Waals surface area contributed by atoms with Gasteiger partial charge in [-0.25, -0.2) is 0 Å². The van der Waals surface area contributed by atoms with E-state index < -0.39 is 0 Å². The van der Waals surface area contributed by atoms with Gasteiger partial charge in [0.1, 0.15) is 5.75 Å². The zero-order chi connectivity index (χ0) is 16.4. The van der Waals surface area contributed by atoms with Crippen LogP contribution in [0.5, 0.6) is 5.75 Å². The van der Waals surface area contributed by atoms with Crippen molar-refractivity contribution < 1.29 is 9.47 Å². The highest BCUT2D eigenvalue weighted by atomic mass is 16.5. The average molecular weight is 323 g/mol. The molecule has 1 fully saturated rings. The van der Waals surface area contributed by atoms with Crippen LogP contribution in [0, 0.1) is 0 Å². The lowest BCUT2D eigenvalue weighted by Crippen LogP contribution is -2.39. The molecule has 1 aliphatic heterocycles. The normalized spacial score (nSPS) is 18.8. The van der Waals surface area contributed by atoms with E-state index in [0.717, 1.165) is 36.5 Å². The Hall–Kier alpha value is -2.37. The third-order valence-electron chi connectivity index (χ3n) is 4.69. The molecule has 0 saturated carbocycles. The van der Waals surface area contributed by atoms with E-state index in [2.05, 4.69) is 51.5 Å². The number of hydrogen-bond acceptors (Lipinski definition) is 4. The highest BCUT2D eigenvalue weighted by molar-refractivity contribution is 5.91. The summed E-state index contributed by atoms with van der Waals surface area (Å²) < 4.78 is 11.2. The number of aromatic nitrogens is 2. The van der Waals surface area contributed by atoms with Crippen molar-refractivity contribution in [2.45, 2.75) is 12.6 Å². The lowest BCUT2D eigenvalue weighted by atomic mass is 10.0. The largest absolute Gasteiger partial charge is 0.496 e. The molecule has 5 heteroatoms. The van der Waals surface area contributed by atoms with E-state index in [1.54, 1.807) is 13.3 Å². The number of methoxy groups -OCH3 is 1. The molecule has 24 heavy (non-hydrogen) atoms. The molecule has 1 aliphatic rings. The third kappa shape index (κ3) is 2.77. The van der Waals surface area contributed by atoms with Crippen molar-refractivity contribution >= 4 is 10.8 Å². The van der Waals surface area contributed by atoms with Crippen LogP contribution in [0.4, 0.5) is 0 Å². The van der Waals surface area contributed by atoms with Gasteiger partial charge in [-0.3, -0.25) is 10.00 Å². The second kappa shape index (κ2) is 6.63. The fraction of sp³-hybridized carbons (Fsp3) is 0.316. The highest BCUT2D eigenvalue weighted by Gasteiger charge is 2.26. The molecule has 0 radical (unpaired) electrons. The Labute approximate surface area is 141 Å². The van der Waals surface area contributed by atoms with Crippen LogP contribution >= 0.6 is 0 Å². The van der Waals surface area contributed by atoms with E-state index >= 15 is 0 Å². The lowest BCUT2D eigenvalue weighted by molar-refractivity contribution is -0.0141. The molecule has 0 spiro atoms. The second-order valence-corrected chi connectivity index (χ2v) is 6.05. The highest BCUT2D eigenvalue weighted by Crippen LogP contribution is 2.31. The molecule has 0 unspecified atom stereocenters. The molecule has 0 aliphatic carbocycles. The first-order chi connectivity index (χ1) is 11.9. The maximum Gasteiger partial charge on any atom is 0.126 e. The zero-order valence-electron chi connectivity index (χ0n) is 13.7. The summed E-state index contributed by atoms with van der Waals surface area (Å²) in [6, 6.07) is 14.9. The van der Waals surface area contributed by atoms with E-state index in [1.165, 1.54) is 10.9 Å². The van der Waals surface area contributed by atoms with Crippen molar-refractivity contribution in [1.82, 2.24) is 15.1 Å². The standard InChI is InChI=1S/C19H21N3O2/c1-23-19-7-6-14(15-4-2-3-5-16(15)19)12-22-10-11-24-13-18(22)17-8-9-20-21-17/h2-9,18H,10-13H2,1H3,(H,20,21)/t18-/m0/s1. The summed E-state index contributed by atoms with van der Waals surface area (Å²) in [5.41, 5.74) is 2.41. The van der Waals surface area contributed by atoms with Gasteiger partial charge < -0.3 is 9.47 Å². The van der Waals surface area contributed by atoms with Crippen molar-refractivity contribution in [1.29, 1.82) is 0 Å². The Balaban J connectivity index is 1.68. The van der Waals surface area contributed by atoms with Crippen LogP contribution in [0.3, 0.4) is 0 Å². The minimum absolute atomic E-state index is 0.210. The Morgan fingerprint density at radius 1 is 1.21 bits per heavy atom. The maximum atomic E-state index is 5.69. The molecule has 3 aromatic rings. The Morgan fingerprint density at radius 3 is 2.88 bits per heavy atom. The average Bonchev–Trinajstić information content (AvgIpc) is 3.17. The lowest BCUT2D eigenvalue weighted by Gasteiger charge is -2.35. The van der Waals surface area contributed by atoms with E-state index in [9.17, 15) is 0 Å². The first-order valence-corrected chi connectivity index (χ1v) is 8.22. The Kier molecular flexibility index (Phi) is 4.19. The van der Waals surface area contributed by atoms with Crippen molar-refractivity contribution in [3.05, 3.63) is 59.9 Å². The summed E-state index contributed by atoms with van der Waals surface area (Å²) in [4.78, 5) is 2.45. The number of morpholine rings is 1. The number of fused-ring (bicyclic) bond motifs is 1. The summed E-state index contributed by atoms with van der Waals surface area (Å²) in [6.07, 6.45) is 1.80. The first kappa shape index (κ1) is 15.2. The number of aromatic amines is 1. The van der Waals surface area contributed by atoms with Crippen LogP contribution in [0.25, 0.3) is 10.8 Å². The van der Waals surface area contributed by atoms with Gasteiger partial charge in [-0.2, -0.15) is 5.10 Å². The SMILES string of the molecule is COc1ccc(CN2CCOC[C@H]2c2ccn[nH]2)c2ccccc12. The molecule has 1 aromatic heterocycles. The topological polar surface area (TPSA) is 50.4 Å². The molecular weight excluding hydrogens is 302 g/mol. The van der Waals surface area contributed by atoms with E-state index in [1.807, 2.05) is 6.07 Å². The van der Waals surface area contributed by atoms with Crippen LogP contribution in [-0.4, -0.2) is 42.0 Å². The number of benzene rings is 2. The van der Waals surface area contributed by atoms with Crippen molar-refractivity contribution in [2.75, 3.05) is 26.9 Å². The number of nitrogens with zero attached hydrogens (tertiary/aromatic N) is 2. The first-order valence-electron chi connectivity index (χ1n) is 8.22. The number of H-pyrrole nitrogens is 1. The molecular formula is C19H21N3O2. The summed E-state index contributed by atoms with van der Waals surface area (Å²) >= 11 is 0. The quantitative estimate of drug-likeness (QED) is 0.801. The molecule has 1 N–H and O–H groups in total. The molecule has 124 valence electrons. The predicted octanol–water partition coefficient (Wildman–Crippen LogP) is 3.15. The molecule has 0 bridgehead atoms. The second-order valence-electron chi connectivity index (χ2n) is 6.05. The maximum absolute atomic E-state index is 5.69. The van der Waals surface area contributed by atoms with Crippen molar-refractivity contribution in [2.24, 2.45) is 0 Å². The molecule has 1 atom stereocenters. The van der Waals surface area contributed by atoms with Gasteiger partial charge >= 0.3 is 0 Å². The summed E-state index contributed by atoms with van der Waals surface area (Å²) in [7, 11) is 1.72. The summed E-state index contributed by atoms with van der Waals surface area (Å²) in [6.45, 7) is 3.23. The van der Waals surface area contributed by atoms with Crippen LogP contribution in [-0.2, 0) is 11.3 Å². The van der Waals surface area contributed by atoms with Gasteiger partial charge in [-0.05, 0) is 23.1 Å². The predicted molar refractivity (Wildman–Crippen MR) is 93.1 cm³/mol. The van der Waals surface area contributed by atoms with E-state index in [0.29, 0.717) is 6.61 Å². The van der Waals surface area contributed by atoms with Gasteiger partial charge in [-0.1, -0.05) is 30.3 Å². The molecule has 4 rings (SSSR count). The number of hydrogen-bond donors (Lipinski definition) is 1. The minimum Gasteiger partial charge on any atom is -0.496 e. The van der Waals surface area contributed by atoms with E-state index in [-0.39, 0.29) is 6.04 Å². The molecule has 2 aromatic carbocycles. The van der Waals surface area contributed by atoms with Gasteiger partial charge in [0.2, 0.25) is 0 Å². The number of ether oxygens (including phenoxy) is 2. The van der Waals surface area contributed by atoms with Crippen LogP contribution < -0.4 is 4.74 Å². The number of rotatable bonds is 4. The van der Waals surface area contributed by atoms with Crippen molar-refractivity contribution in [3.8, 4) is 5.75 Å². The molecule has 1 saturated heterocycles. The zero-order valence-corrected chi connectivity index (χ0v) is 13.7. The van der Waals surface area contributed by atoms with Gasteiger partial charge in [0.15, 0.2) is 0 Å². The monoisotopic (exact) mass is 323 g/mol. The fourth-order valence-electron chi connectivity index (χ4n) is 3.43. The Bertz CT molecular complexity index is 817. The Morgan fingerprint density at radius 2 is 2.08 bits per heavy atom. The minimum atomic E-state index is 0.210. The van der Waals surface area contributed by atoms with Gasteiger partial charge in [-0.15, -0.1) is 0 Å². The molecule has 5 nitrogen and oxygen atoms in total. The van der Waals surface area contributed by atoms with Gasteiger partial charge in [0.25, 0.3) is 0 Å². The smallest absolute Gasteiger partial charge is 0.126 e.